The van der Waals surface area contributed by atoms with E-state index in [9.17, 15) is 0 Å². The van der Waals surface area contributed by atoms with Crippen LogP contribution < -0.4 is 0 Å². The molecule has 0 bridgehead atoms. The predicted molar refractivity (Wildman–Crippen MR) is 51.6 cm³/mol. The molecule has 0 aliphatic heterocycles. The van der Waals surface area contributed by atoms with Crippen LogP contribution in [0.4, 0.5) is 0 Å². The van der Waals surface area contributed by atoms with Gasteiger partial charge in [0.05, 0.1) is 12.1 Å². The van der Waals surface area contributed by atoms with E-state index in [1.807, 2.05) is 0 Å². The summed E-state index contributed by atoms with van der Waals surface area (Å²) in [6, 6.07) is 0. The number of rotatable bonds is 3. The van der Waals surface area contributed by atoms with Crippen molar-refractivity contribution < 1.29 is 9.63 Å². The van der Waals surface area contributed by atoms with Crippen molar-refractivity contribution in [3.8, 4) is 0 Å². The molecule has 1 rings (SSSR count). The minimum absolute atomic E-state index is 0.0903. The predicted octanol–water partition coefficient (Wildman–Crippen LogP) is 2.11. The van der Waals surface area contributed by atoms with Crippen molar-refractivity contribution in [1.82, 2.24) is 0 Å². The summed E-state index contributed by atoms with van der Waals surface area (Å²) in [5.41, 5.74) is 0.0903. The van der Waals surface area contributed by atoms with Gasteiger partial charge in [-0.25, -0.2) is 0 Å². The summed E-state index contributed by atoms with van der Waals surface area (Å²) in [5, 5.41) is 8.73. The van der Waals surface area contributed by atoms with Crippen molar-refractivity contribution in [2.75, 3.05) is 6.61 Å². The zero-order valence-electron chi connectivity index (χ0n) is 5.93. The molecule has 4 heteroatoms. The second kappa shape index (κ2) is 3.65. The number of hydrogen-bond acceptors (Lipinski definition) is 2. The molecule has 1 fully saturated rings. The Morgan fingerprint density at radius 2 is 2.40 bits per heavy atom. The van der Waals surface area contributed by atoms with Crippen LogP contribution in [-0.4, -0.2) is 17.3 Å². The number of halogens is 1. The average molecular weight is 274 g/mol. The molecule has 0 heterocycles. The van der Waals surface area contributed by atoms with E-state index in [0.29, 0.717) is 19.0 Å². The van der Waals surface area contributed by atoms with E-state index in [1.54, 1.807) is 0 Å². The highest BCUT2D eigenvalue weighted by atomic mass is 127. The highest BCUT2D eigenvalue weighted by Gasteiger charge is 2.40. The number of hydrogen-bond donors (Lipinski definition) is 1. The van der Waals surface area contributed by atoms with Gasteiger partial charge in [-0.05, 0) is 47.7 Å². The molecule has 1 saturated carbocycles. The fourth-order valence-electron chi connectivity index (χ4n) is 1.47. The van der Waals surface area contributed by atoms with Crippen molar-refractivity contribution in [2.45, 2.75) is 25.4 Å². The molecule has 60 valence electrons. The molecule has 0 spiro atoms. The van der Waals surface area contributed by atoms with Crippen LogP contribution in [0.15, 0.2) is 0 Å². The normalized spacial score (nSPS) is 40.5. The number of aliphatic hydroxyl groups excluding tert-OH is 1. The highest BCUT2D eigenvalue weighted by Crippen LogP contribution is 2.45. The molecule has 1 atom stereocenters. The summed E-state index contributed by atoms with van der Waals surface area (Å²) in [5.74, 6) is 0.498. The van der Waals surface area contributed by atoms with E-state index < -0.39 is 0 Å². The van der Waals surface area contributed by atoms with Gasteiger partial charge in [0.1, 0.15) is 0 Å². The molecule has 0 aromatic rings. The first-order chi connectivity index (χ1) is 4.70. The zero-order valence-corrected chi connectivity index (χ0v) is 9.09. The van der Waals surface area contributed by atoms with Gasteiger partial charge in [0.25, 0.3) is 0 Å². The van der Waals surface area contributed by atoms with Gasteiger partial charge in [-0.3, -0.25) is 0 Å². The fourth-order valence-corrected chi connectivity index (χ4v) is 3.41. The largest absolute Gasteiger partial charge is 0.396 e. The molecule has 2 nitrogen and oxygen atoms in total. The average Bonchev–Trinajstić information content (AvgIpc) is 1.83. The molecular weight excluding hydrogens is 262 g/mol. The molecule has 1 unspecified atom stereocenters. The molecule has 0 amide bonds. The summed E-state index contributed by atoms with van der Waals surface area (Å²) in [4.78, 5) is 0. The van der Waals surface area contributed by atoms with Crippen LogP contribution in [-0.2, 0) is 4.52 Å². The Hall–Kier alpha value is 1.08. The molecule has 0 radical (unpaired) electrons. The van der Waals surface area contributed by atoms with Gasteiger partial charge in [-0.1, -0.05) is 0 Å². The topological polar surface area (TPSA) is 29.5 Å². The molecule has 0 aromatic carbocycles. The summed E-state index contributed by atoms with van der Waals surface area (Å²) < 4.78 is 5.50. The quantitative estimate of drug-likeness (QED) is 0.631. The van der Waals surface area contributed by atoms with Crippen molar-refractivity contribution >= 4 is 28.5 Å². The standard InChI is InChI=1S/C6H12IO2P/c1-6(9-10-7)2-5(3-6)4-8/h5,8,10H,2-4H2,1H3. The van der Waals surface area contributed by atoms with E-state index in [4.69, 9.17) is 9.63 Å². The minimum Gasteiger partial charge on any atom is -0.396 e. The van der Waals surface area contributed by atoms with E-state index in [1.165, 1.54) is 0 Å². The van der Waals surface area contributed by atoms with Crippen molar-refractivity contribution in [3.05, 3.63) is 0 Å². The first-order valence-corrected chi connectivity index (χ1v) is 7.37. The zero-order chi connectivity index (χ0) is 7.61. The van der Waals surface area contributed by atoms with Gasteiger partial charge in [0, 0.05) is 6.61 Å². The van der Waals surface area contributed by atoms with Crippen LogP contribution in [0, 0.1) is 5.92 Å². The van der Waals surface area contributed by atoms with E-state index >= 15 is 0 Å². The second-order valence-electron chi connectivity index (χ2n) is 3.09. The Labute approximate surface area is 76.1 Å². The Balaban J connectivity index is 2.20. The van der Waals surface area contributed by atoms with Crippen molar-refractivity contribution in [2.24, 2.45) is 5.92 Å². The number of aliphatic hydroxyl groups is 1. The first-order valence-electron chi connectivity index (χ1n) is 3.35. The Morgan fingerprint density at radius 3 is 2.80 bits per heavy atom. The lowest BCUT2D eigenvalue weighted by Gasteiger charge is -2.43. The lowest BCUT2D eigenvalue weighted by molar-refractivity contribution is -0.0398. The SMILES string of the molecule is CC1(OPI)CC(CO)C1. The fraction of sp³-hybridized carbons (Fsp3) is 1.00. The van der Waals surface area contributed by atoms with Crippen molar-refractivity contribution in [3.63, 3.8) is 0 Å². The summed E-state index contributed by atoms with van der Waals surface area (Å²) in [7, 11) is 0. The van der Waals surface area contributed by atoms with Crippen LogP contribution >= 0.6 is 28.5 Å². The van der Waals surface area contributed by atoms with Crippen LogP contribution in [0.2, 0.25) is 0 Å². The Morgan fingerprint density at radius 1 is 1.80 bits per heavy atom. The van der Waals surface area contributed by atoms with Gasteiger partial charge in [-0.2, -0.15) is 0 Å². The second-order valence-corrected chi connectivity index (χ2v) is 4.77. The van der Waals surface area contributed by atoms with Crippen LogP contribution in [0.25, 0.3) is 0 Å². The van der Waals surface area contributed by atoms with Crippen LogP contribution in [0.3, 0.4) is 0 Å². The minimum atomic E-state index is 0.0903. The smallest absolute Gasteiger partial charge is 0.0801 e. The highest BCUT2D eigenvalue weighted by molar-refractivity contribution is 14.2. The summed E-state index contributed by atoms with van der Waals surface area (Å²) >= 11 is 2.23. The third kappa shape index (κ3) is 2.03. The maximum absolute atomic E-state index is 8.73. The maximum Gasteiger partial charge on any atom is 0.0801 e. The third-order valence-electron chi connectivity index (χ3n) is 1.98. The molecule has 1 aliphatic rings. The molecule has 0 aromatic heterocycles. The third-order valence-corrected chi connectivity index (χ3v) is 3.21. The van der Waals surface area contributed by atoms with Gasteiger partial charge >= 0.3 is 0 Å². The maximum atomic E-state index is 8.73. The molecular formula is C6H12IO2P. The van der Waals surface area contributed by atoms with Crippen molar-refractivity contribution in [1.29, 1.82) is 0 Å². The van der Waals surface area contributed by atoms with Gasteiger partial charge in [-0.15, -0.1) is 0 Å². The summed E-state index contributed by atoms with van der Waals surface area (Å²) in [6.07, 6.45) is 2.05. The lowest BCUT2D eigenvalue weighted by Crippen LogP contribution is -2.43. The monoisotopic (exact) mass is 274 g/mol. The van der Waals surface area contributed by atoms with Gasteiger partial charge in [0.15, 0.2) is 0 Å². The molecule has 0 saturated heterocycles. The Kier molecular flexibility index (Phi) is 3.35. The van der Waals surface area contributed by atoms with Crippen LogP contribution in [0.1, 0.15) is 19.8 Å². The van der Waals surface area contributed by atoms with E-state index in [0.717, 1.165) is 12.8 Å². The lowest BCUT2D eigenvalue weighted by atomic mass is 9.73. The van der Waals surface area contributed by atoms with E-state index in [2.05, 4.69) is 29.0 Å². The van der Waals surface area contributed by atoms with Crippen LogP contribution in [0.5, 0.6) is 0 Å². The van der Waals surface area contributed by atoms with Gasteiger partial charge < -0.3 is 9.63 Å². The summed E-state index contributed by atoms with van der Waals surface area (Å²) in [6.45, 7) is 2.99. The molecule has 1 N–H and O–H groups in total. The Bertz CT molecular complexity index is 114. The van der Waals surface area contributed by atoms with Gasteiger partial charge in [0.2, 0.25) is 0 Å². The molecule has 10 heavy (non-hydrogen) atoms. The van der Waals surface area contributed by atoms with E-state index in [-0.39, 0.29) is 5.60 Å². The molecule has 1 aliphatic carbocycles. The first kappa shape index (κ1) is 9.17.